The number of aromatic nitrogens is 2. The smallest absolute Gasteiger partial charge is 0.322 e. The average Bonchev–Trinajstić information content (AvgIpc) is 3.29. The number of benzene rings is 2. The van der Waals surface area contributed by atoms with Gasteiger partial charge >= 0.3 is 6.03 Å². The van der Waals surface area contributed by atoms with Crippen LogP contribution in [0, 0.1) is 0 Å². The molecule has 2 aliphatic rings. The van der Waals surface area contributed by atoms with Gasteiger partial charge in [0, 0.05) is 60.4 Å². The van der Waals surface area contributed by atoms with Gasteiger partial charge in [-0.1, -0.05) is 23.7 Å². The summed E-state index contributed by atoms with van der Waals surface area (Å²) in [6, 6.07) is 12.6. The van der Waals surface area contributed by atoms with Gasteiger partial charge in [-0.3, -0.25) is 14.5 Å². The average molecular weight is 522 g/mol. The molecule has 192 valence electrons. The molecule has 0 spiro atoms. The summed E-state index contributed by atoms with van der Waals surface area (Å²) in [4.78, 5) is 33.8. The number of morpholine rings is 1. The Labute approximate surface area is 219 Å². The van der Waals surface area contributed by atoms with Crippen molar-refractivity contribution in [1.82, 2.24) is 14.7 Å². The molecule has 0 bridgehead atoms. The molecule has 3 heterocycles. The largest absolute Gasteiger partial charge is 0.378 e. The summed E-state index contributed by atoms with van der Waals surface area (Å²) < 4.78 is 7.23. The third-order valence-corrected chi connectivity index (χ3v) is 6.75. The van der Waals surface area contributed by atoms with E-state index in [2.05, 4.69) is 20.3 Å². The number of aliphatic imine (C=N–C) groups is 1. The highest BCUT2D eigenvalue weighted by Gasteiger charge is 2.30. The van der Waals surface area contributed by atoms with Crippen LogP contribution in [0.1, 0.15) is 21.6 Å². The monoisotopic (exact) mass is 521 g/mol. The SMILES string of the molecule is CN=Cc1ccc(NC(=O)N2CCn3nc(-c4cccc(Cl)c4)c(C(N)=O)c3C2)cc1N1CCOCC1. The van der Waals surface area contributed by atoms with Gasteiger partial charge in [-0.15, -0.1) is 0 Å². The Balaban J connectivity index is 1.38. The van der Waals surface area contributed by atoms with E-state index in [0.29, 0.717) is 59.5 Å². The van der Waals surface area contributed by atoms with Crippen molar-refractivity contribution in [2.24, 2.45) is 10.7 Å². The molecule has 11 heteroatoms. The summed E-state index contributed by atoms with van der Waals surface area (Å²) in [5.74, 6) is -0.596. The lowest BCUT2D eigenvalue weighted by Crippen LogP contribution is -2.41. The standard InChI is InChI=1S/C26H28ClN7O3/c1-29-15-18-5-6-20(14-21(18)32-9-11-37-12-10-32)30-26(36)33-7-8-34-22(16-33)23(25(28)35)24(31-34)17-3-2-4-19(27)13-17/h2-6,13-15H,7-12,16H2,1H3,(H2,28,35)(H,30,36). The summed E-state index contributed by atoms with van der Waals surface area (Å²) in [5.41, 5.74) is 10.5. The molecule has 2 aromatic carbocycles. The van der Waals surface area contributed by atoms with E-state index in [-0.39, 0.29) is 12.6 Å². The number of nitrogens with one attached hydrogen (secondary N) is 1. The fourth-order valence-corrected chi connectivity index (χ4v) is 4.93. The number of fused-ring (bicyclic) bond motifs is 1. The minimum atomic E-state index is -0.596. The molecule has 3 N–H and O–H groups in total. The number of carbonyl (C=O) groups is 2. The second-order valence-corrected chi connectivity index (χ2v) is 9.32. The maximum Gasteiger partial charge on any atom is 0.322 e. The van der Waals surface area contributed by atoms with Gasteiger partial charge in [-0.05, 0) is 30.3 Å². The fourth-order valence-electron chi connectivity index (χ4n) is 4.74. The summed E-state index contributed by atoms with van der Waals surface area (Å²) in [6.07, 6.45) is 1.81. The van der Waals surface area contributed by atoms with Crippen LogP contribution in [0.5, 0.6) is 0 Å². The van der Waals surface area contributed by atoms with Crippen LogP contribution in [-0.2, 0) is 17.8 Å². The minimum Gasteiger partial charge on any atom is -0.378 e. The topological polar surface area (TPSA) is 118 Å². The van der Waals surface area contributed by atoms with Gasteiger partial charge in [0.1, 0.15) is 5.69 Å². The van der Waals surface area contributed by atoms with Gasteiger partial charge in [0.15, 0.2) is 0 Å². The number of rotatable bonds is 5. The third-order valence-electron chi connectivity index (χ3n) is 6.51. The Morgan fingerprint density at radius 3 is 2.68 bits per heavy atom. The highest BCUT2D eigenvalue weighted by Crippen LogP contribution is 2.30. The Morgan fingerprint density at radius 2 is 1.95 bits per heavy atom. The number of hydrogen-bond donors (Lipinski definition) is 2. The third kappa shape index (κ3) is 5.16. The molecule has 0 atom stereocenters. The van der Waals surface area contributed by atoms with E-state index in [1.807, 2.05) is 30.5 Å². The Hall–Kier alpha value is -3.89. The molecule has 3 aromatic rings. The van der Waals surface area contributed by atoms with Gasteiger partial charge in [0.2, 0.25) is 0 Å². The van der Waals surface area contributed by atoms with Crippen molar-refractivity contribution >= 4 is 41.1 Å². The highest BCUT2D eigenvalue weighted by molar-refractivity contribution is 6.30. The number of urea groups is 1. The van der Waals surface area contributed by atoms with E-state index in [1.165, 1.54) is 0 Å². The van der Waals surface area contributed by atoms with Crippen molar-refractivity contribution in [2.45, 2.75) is 13.1 Å². The molecule has 0 saturated carbocycles. The lowest BCUT2D eigenvalue weighted by Gasteiger charge is -2.31. The van der Waals surface area contributed by atoms with Crippen molar-refractivity contribution in [3.8, 4) is 11.3 Å². The van der Waals surface area contributed by atoms with Crippen molar-refractivity contribution in [1.29, 1.82) is 0 Å². The predicted octanol–water partition coefficient (Wildman–Crippen LogP) is 3.24. The van der Waals surface area contributed by atoms with Crippen LogP contribution in [0.4, 0.5) is 16.2 Å². The van der Waals surface area contributed by atoms with Crippen LogP contribution < -0.4 is 16.0 Å². The molecular formula is C26H28ClN7O3. The number of nitrogens with two attached hydrogens (primary N) is 1. The molecule has 3 amide bonds. The molecule has 5 rings (SSSR count). The number of primary amides is 1. The van der Waals surface area contributed by atoms with Crippen LogP contribution in [0.3, 0.4) is 0 Å². The van der Waals surface area contributed by atoms with E-state index >= 15 is 0 Å². The van der Waals surface area contributed by atoms with Gasteiger partial charge in [-0.2, -0.15) is 5.10 Å². The van der Waals surface area contributed by atoms with Crippen molar-refractivity contribution in [2.75, 3.05) is 50.1 Å². The first-order chi connectivity index (χ1) is 17.9. The summed E-state index contributed by atoms with van der Waals surface area (Å²) in [5, 5.41) is 8.16. The van der Waals surface area contributed by atoms with E-state index in [0.717, 1.165) is 24.3 Å². The van der Waals surface area contributed by atoms with Crippen molar-refractivity contribution in [3.05, 3.63) is 64.3 Å². The van der Waals surface area contributed by atoms with Crippen LogP contribution in [0.15, 0.2) is 47.5 Å². The van der Waals surface area contributed by atoms with E-state index < -0.39 is 5.91 Å². The van der Waals surface area contributed by atoms with Gasteiger partial charge in [0.25, 0.3) is 5.91 Å². The maximum absolute atomic E-state index is 13.3. The van der Waals surface area contributed by atoms with Crippen LogP contribution in [-0.4, -0.2) is 72.7 Å². The summed E-state index contributed by atoms with van der Waals surface area (Å²) in [7, 11) is 1.73. The van der Waals surface area contributed by atoms with Crippen LogP contribution >= 0.6 is 11.6 Å². The Bertz CT molecular complexity index is 1360. The zero-order chi connectivity index (χ0) is 25.9. The molecule has 1 aromatic heterocycles. The zero-order valence-corrected chi connectivity index (χ0v) is 21.2. The lowest BCUT2D eigenvalue weighted by atomic mass is 10.0. The van der Waals surface area contributed by atoms with Crippen molar-refractivity contribution in [3.63, 3.8) is 0 Å². The number of anilines is 2. The number of carbonyl (C=O) groups excluding carboxylic acids is 2. The lowest BCUT2D eigenvalue weighted by molar-refractivity contribution is 0.0997. The molecule has 1 fully saturated rings. The second-order valence-electron chi connectivity index (χ2n) is 8.88. The van der Waals surface area contributed by atoms with Crippen molar-refractivity contribution < 1.29 is 14.3 Å². The molecule has 0 unspecified atom stereocenters. The molecule has 1 saturated heterocycles. The predicted molar refractivity (Wildman–Crippen MR) is 144 cm³/mol. The van der Waals surface area contributed by atoms with E-state index in [4.69, 9.17) is 22.1 Å². The first kappa shape index (κ1) is 24.8. The normalized spacial score (nSPS) is 15.6. The maximum atomic E-state index is 13.3. The summed E-state index contributed by atoms with van der Waals surface area (Å²) in [6.45, 7) is 3.92. The second kappa shape index (κ2) is 10.6. The molecular weight excluding hydrogens is 494 g/mol. The Morgan fingerprint density at radius 1 is 1.14 bits per heavy atom. The van der Waals surface area contributed by atoms with Gasteiger partial charge < -0.3 is 25.6 Å². The zero-order valence-electron chi connectivity index (χ0n) is 20.5. The number of halogens is 1. The first-order valence-electron chi connectivity index (χ1n) is 12.0. The minimum absolute atomic E-state index is 0.203. The molecule has 0 aliphatic carbocycles. The number of ether oxygens (including phenoxy) is 1. The van der Waals surface area contributed by atoms with E-state index in [1.54, 1.807) is 34.8 Å². The number of amides is 3. The number of nitrogens with zero attached hydrogens (tertiary/aromatic N) is 5. The highest BCUT2D eigenvalue weighted by atomic mass is 35.5. The Kier molecular flexibility index (Phi) is 7.11. The molecule has 0 radical (unpaired) electrons. The number of hydrogen-bond acceptors (Lipinski definition) is 6. The van der Waals surface area contributed by atoms with E-state index in [9.17, 15) is 9.59 Å². The summed E-state index contributed by atoms with van der Waals surface area (Å²) >= 11 is 6.15. The fraction of sp³-hybridized carbons (Fsp3) is 0.308. The van der Waals surface area contributed by atoms with Gasteiger partial charge in [-0.25, -0.2) is 4.79 Å². The van der Waals surface area contributed by atoms with Crippen LogP contribution in [0.2, 0.25) is 5.02 Å². The first-order valence-corrected chi connectivity index (χ1v) is 12.4. The van der Waals surface area contributed by atoms with Gasteiger partial charge in [0.05, 0.1) is 37.6 Å². The molecule has 37 heavy (non-hydrogen) atoms. The van der Waals surface area contributed by atoms with Crippen LogP contribution in [0.25, 0.3) is 11.3 Å². The quantitative estimate of drug-likeness (QED) is 0.500. The molecule has 10 nitrogen and oxygen atoms in total. The molecule has 2 aliphatic heterocycles.